The highest BCUT2D eigenvalue weighted by molar-refractivity contribution is 5.89. The van der Waals surface area contributed by atoms with Crippen molar-refractivity contribution >= 4 is 18.0 Å². The summed E-state index contributed by atoms with van der Waals surface area (Å²) in [4.78, 5) is 26.3. The van der Waals surface area contributed by atoms with Crippen LogP contribution in [-0.4, -0.2) is 40.2 Å². The van der Waals surface area contributed by atoms with E-state index < -0.39 is 5.97 Å². The van der Waals surface area contributed by atoms with Crippen LogP contribution >= 0.6 is 0 Å². The first-order valence-electron chi connectivity index (χ1n) is 9.57. The number of hydrogen-bond donors (Lipinski definition) is 0. The molecule has 1 aliphatic carbocycles. The predicted molar refractivity (Wildman–Crippen MR) is 108 cm³/mol. The molecule has 6 heteroatoms. The van der Waals surface area contributed by atoms with Crippen LogP contribution in [0.1, 0.15) is 47.0 Å². The van der Waals surface area contributed by atoms with Crippen LogP contribution in [0, 0.1) is 13.8 Å². The summed E-state index contributed by atoms with van der Waals surface area (Å²) in [6, 6.07) is 8.27. The fraction of sp³-hybridized carbons (Fsp3) is 0.409. The van der Waals surface area contributed by atoms with Gasteiger partial charge in [0.25, 0.3) is 5.91 Å². The van der Waals surface area contributed by atoms with Crippen molar-refractivity contribution in [1.82, 2.24) is 14.7 Å². The summed E-state index contributed by atoms with van der Waals surface area (Å²) in [5, 5.41) is 4.31. The molecule has 1 aromatic carbocycles. The minimum atomic E-state index is -0.534. The fourth-order valence-electron chi connectivity index (χ4n) is 3.77. The second-order valence-corrected chi connectivity index (χ2v) is 7.26. The number of likely N-dealkylation sites (N-methyl/N-ethyl adjacent to an activating group) is 1. The van der Waals surface area contributed by atoms with Gasteiger partial charge in [0.15, 0.2) is 6.61 Å². The molecule has 0 unspecified atom stereocenters. The Morgan fingerprint density at radius 3 is 2.79 bits per heavy atom. The Hall–Kier alpha value is -2.89. The number of ether oxygens (including phenoxy) is 1. The number of hydrogen-bond acceptors (Lipinski definition) is 4. The topological polar surface area (TPSA) is 64.4 Å². The molecular formula is C22H27N3O3. The first-order chi connectivity index (χ1) is 13.4. The Labute approximate surface area is 165 Å². The third-order valence-corrected chi connectivity index (χ3v) is 5.49. The number of aryl methyl sites for hydroxylation is 3. The van der Waals surface area contributed by atoms with E-state index in [2.05, 4.69) is 17.2 Å². The van der Waals surface area contributed by atoms with E-state index in [-0.39, 0.29) is 18.6 Å². The molecule has 0 radical (unpaired) electrons. The number of fused-ring (bicyclic) bond motifs is 1. The smallest absolute Gasteiger partial charge is 0.331 e. The summed E-state index contributed by atoms with van der Waals surface area (Å²) in [7, 11) is 3.64. The zero-order valence-corrected chi connectivity index (χ0v) is 16.9. The quantitative estimate of drug-likeness (QED) is 0.590. The van der Waals surface area contributed by atoms with E-state index in [1.54, 1.807) is 22.7 Å². The summed E-state index contributed by atoms with van der Waals surface area (Å²) in [6.07, 6.45) is 6.05. The Morgan fingerprint density at radius 2 is 2.07 bits per heavy atom. The fourth-order valence-corrected chi connectivity index (χ4v) is 3.77. The van der Waals surface area contributed by atoms with Gasteiger partial charge < -0.3 is 9.64 Å². The van der Waals surface area contributed by atoms with Gasteiger partial charge in [-0.05, 0) is 50.3 Å². The van der Waals surface area contributed by atoms with Crippen LogP contribution in [0.4, 0.5) is 0 Å². The van der Waals surface area contributed by atoms with Crippen LogP contribution < -0.4 is 0 Å². The zero-order valence-electron chi connectivity index (χ0n) is 16.9. The van der Waals surface area contributed by atoms with Crippen LogP contribution in [0.15, 0.2) is 30.3 Å². The number of aromatic nitrogens is 2. The van der Waals surface area contributed by atoms with Crippen molar-refractivity contribution in [2.24, 2.45) is 7.05 Å². The van der Waals surface area contributed by atoms with E-state index in [1.807, 2.05) is 33.0 Å². The standard InChI is InChI=1S/C22H27N3O3/c1-15-18(16(2)25(4)23-15)12-13-22(27)28-14-21(26)24(3)20-11-7-9-17-8-5-6-10-19(17)20/h5-6,8,10,12-13,20H,7,9,11,14H2,1-4H3/b13-12+/t20-/m1/s1. The molecule has 0 N–H and O–H groups in total. The van der Waals surface area contributed by atoms with Crippen molar-refractivity contribution in [2.45, 2.75) is 39.2 Å². The molecule has 28 heavy (non-hydrogen) atoms. The van der Waals surface area contributed by atoms with Crippen molar-refractivity contribution < 1.29 is 14.3 Å². The highest BCUT2D eigenvalue weighted by Crippen LogP contribution is 2.33. The number of benzene rings is 1. The van der Waals surface area contributed by atoms with E-state index >= 15 is 0 Å². The van der Waals surface area contributed by atoms with E-state index in [4.69, 9.17) is 4.74 Å². The molecule has 1 heterocycles. The van der Waals surface area contributed by atoms with E-state index in [0.29, 0.717) is 0 Å². The van der Waals surface area contributed by atoms with Crippen LogP contribution in [0.25, 0.3) is 6.08 Å². The Kier molecular flexibility index (Phi) is 5.97. The second kappa shape index (κ2) is 8.42. The van der Waals surface area contributed by atoms with Gasteiger partial charge in [-0.3, -0.25) is 9.48 Å². The largest absolute Gasteiger partial charge is 0.452 e. The normalized spacial score (nSPS) is 16.1. The van der Waals surface area contributed by atoms with Gasteiger partial charge in [-0.2, -0.15) is 5.10 Å². The van der Waals surface area contributed by atoms with Crippen molar-refractivity contribution in [3.05, 3.63) is 58.4 Å². The van der Waals surface area contributed by atoms with Gasteiger partial charge in [0.1, 0.15) is 0 Å². The van der Waals surface area contributed by atoms with E-state index in [1.165, 1.54) is 17.2 Å². The molecule has 0 aliphatic heterocycles. The summed E-state index contributed by atoms with van der Waals surface area (Å²) < 4.78 is 6.93. The SMILES string of the molecule is Cc1nn(C)c(C)c1/C=C/C(=O)OCC(=O)N(C)[C@@H]1CCCc2ccccc21. The second-order valence-electron chi connectivity index (χ2n) is 7.26. The molecular weight excluding hydrogens is 354 g/mol. The van der Waals surface area contributed by atoms with Gasteiger partial charge >= 0.3 is 5.97 Å². The minimum absolute atomic E-state index is 0.0346. The first-order valence-corrected chi connectivity index (χ1v) is 9.57. The van der Waals surface area contributed by atoms with Crippen LogP contribution in [-0.2, 0) is 27.8 Å². The van der Waals surface area contributed by atoms with Crippen molar-refractivity contribution in [2.75, 3.05) is 13.7 Å². The molecule has 1 aromatic heterocycles. The third kappa shape index (κ3) is 4.16. The van der Waals surface area contributed by atoms with E-state index in [0.717, 1.165) is 36.2 Å². The molecule has 3 rings (SSSR count). The van der Waals surface area contributed by atoms with Crippen molar-refractivity contribution in [3.8, 4) is 0 Å². The molecule has 1 amide bonds. The number of amides is 1. The first kappa shape index (κ1) is 19.9. The zero-order chi connectivity index (χ0) is 20.3. The van der Waals surface area contributed by atoms with Gasteiger partial charge in [0.2, 0.25) is 0 Å². The lowest BCUT2D eigenvalue weighted by molar-refractivity contribution is -0.148. The lowest BCUT2D eigenvalue weighted by Crippen LogP contribution is -2.36. The number of nitrogens with zero attached hydrogens (tertiary/aromatic N) is 3. The Morgan fingerprint density at radius 1 is 1.32 bits per heavy atom. The van der Waals surface area contributed by atoms with Crippen molar-refractivity contribution in [1.29, 1.82) is 0 Å². The Bertz CT molecular complexity index is 914. The molecule has 1 aliphatic rings. The van der Waals surface area contributed by atoms with Crippen LogP contribution in [0.2, 0.25) is 0 Å². The molecule has 148 valence electrons. The summed E-state index contributed by atoms with van der Waals surface area (Å²) in [5.41, 5.74) is 5.18. The van der Waals surface area contributed by atoms with Gasteiger partial charge in [-0.25, -0.2) is 4.79 Å². The van der Waals surface area contributed by atoms with Gasteiger partial charge in [0.05, 0.1) is 11.7 Å². The Balaban J connectivity index is 1.58. The maximum Gasteiger partial charge on any atom is 0.331 e. The lowest BCUT2D eigenvalue weighted by atomic mass is 9.87. The maximum atomic E-state index is 12.6. The molecule has 0 saturated heterocycles. The molecule has 0 fully saturated rings. The number of carbonyl (C=O) groups is 2. The number of esters is 1. The number of rotatable bonds is 5. The maximum absolute atomic E-state index is 12.6. The minimum Gasteiger partial charge on any atom is -0.452 e. The molecule has 1 atom stereocenters. The molecule has 0 saturated carbocycles. The molecule has 6 nitrogen and oxygen atoms in total. The summed E-state index contributed by atoms with van der Waals surface area (Å²) in [5.74, 6) is -0.731. The third-order valence-electron chi connectivity index (χ3n) is 5.49. The van der Waals surface area contributed by atoms with Crippen molar-refractivity contribution in [3.63, 3.8) is 0 Å². The van der Waals surface area contributed by atoms with Crippen LogP contribution in [0.5, 0.6) is 0 Å². The monoisotopic (exact) mass is 381 g/mol. The number of carbonyl (C=O) groups excluding carboxylic acids is 2. The highest BCUT2D eigenvalue weighted by atomic mass is 16.5. The van der Waals surface area contributed by atoms with Gasteiger partial charge in [0, 0.05) is 31.4 Å². The molecule has 0 spiro atoms. The predicted octanol–water partition coefficient (Wildman–Crippen LogP) is 3.13. The molecule has 0 bridgehead atoms. The lowest BCUT2D eigenvalue weighted by Gasteiger charge is -2.33. The highest BCUT2D eigenvalue weighted by Gasteiger charge is 2.26. The summed E-state index contributed by atoms with van der Waals surface area (Å²) in [6.45, 7) is 3.56. The molecule has 2 aromatic rings. The van der Waals surface area contributed by atoms with E-state index in [9.17, 15) is 9.59 Å². The average Bonchev–Trinajstić information content (AvgIpc) is 2.94. The summed E-state index contributed by atoms with van der Waals surface area (Å²) >= 11 is 0. The van der Waals surface area contributed by atoms with Crippen LogP contribution in [0.3, 0.4) is 0 Å². The van der Waals surface area contributed by atoms with Gasteiger partial charge in [-0.1, -0.05) is 24.3 Å². The van der Waals surface area contributed by atoms with Gasteiger partial charge in [-0.15, -0.1) is 0 Å². The average molecular weight is 381 g/mol.